The lowest BCUT2D eigenvalue weighted by Crippen LogP contribution is -2.19. The molecule has 0 aliphatic carbocycles. The van der Waals surface area contributed by atoms with Gasteiger partial charge in [0.05, 0.1) is 12.8 Å². The van der Waals surface area contributed by atoms with Gasteiger partial charge in [0.2, 0.25) is 0 Å². The van der Waals surface area contributed by atoms with Gasteiger partial charge in [-0.2, -0.15) is 0 Å². The summed E-state index contributed by atoms with van der Waals surface area (Å²) in [6.45, 7) is 1.49. The second-order valence-electron chi connectivity index (χ2n) is 4.56. The zero-order valence-corrected chi connectivity index (χ0v) is 12.9. The van der Waals surface area contributed by atoms with Crippen LogP contribution >= 0.6 is 11.6 Å². The highest BCUT2D eigenvalue weighted by Gasteiger charge is 2.08. The van der Waals surface area contributed by atoms with Gasteiger partial charge in [0.15, 0.2) is 5.78 Å². The minimum atomic E-state index is -0.434. The number of hydrogen-bond donors (Lipinski definition) is 2. The van der Waals surface area contributed by atoms with Crippen LogP contribution in [0.4, 0.5) is 16.2 Å². The number of carbonyl (C=O) groups excluding carboxylic acids is 2. The summed E-state index contributed by atoms with van der Waals surface area (Å²) < 4.78 is 5.15. The maximum Gasteiger partial charge on any atom is 0.323 e. The van der Waals surface area contributed by atoms with E-state index < -0.39 is 6.03 Å². The molecule has 0 unspecified atom stereocenters. The van der Waals surface area contributed by atoms with Gasteiger partial charge in [0.25, 0.3) is 0 Å². The monoisotopic (exact) mass is 318 g/mol. The fourth-order valence-corrected chi connectivity index (χ4v) is 2.02. The second kappa shape index (κ2) is 6.95. The topological polar surface area (TPSA) is 67.4 Å². The van der Waals surface area contributed by atoms with Crippen LogP contribution in [0.15, 0.2) is 42.5 Å². The van der Waals surface area contributed by atoms with Crippen molar-refractivity contribution in [2.45, 2.75) is 6.92 Å². The number of methoxy groups -OCH3 is 1. The van der Waals surface area contributed by atoms with Gasteiger partial charge >= 0.3 is 6.03 Å². The first kappa shape index (κ1) is 15.9. The lowest BCUT2D eigenvalue weighted by atomic mass is 10.1. The summed E-state index contributed by atoms with van der Waals surface area (Å²) in [7, 11) is 1.51. The van der Waals surface area contributed by atoms with Crippen molar-refractivity contribution < 1.29 is 14.3 Å². The van der Waals surface area contributed by atoms with Crippen LogP contribution < -0.4 is 15.4 Å². The average Bonchev–Trinajstić information content (AvgIpc) is 2.48. The van der Waals surface area contributed by atoms with Crippen molar-refractivity contribution in [3.8, 4) is 5.75 Å². The van der Waals surface area contributed by atoms with Crippen molar-refractivity contribution in [1.82, 2.24) is 0 Å². The van der Waals surface area contributed by atoms with E-state index in [2.05, 4.69) is 10.6 Å². The molecular weight excluding hydrogens is 304 g/mol. The third-order valence-electron chi connectivity index (χ3n) is 2.96. The number of benzene rings is 2. The van der Waals surface area contributed by atoms with Gasteiger partial charge in [-0.15, -0.1) is 0 Å². The Morgan fingerprint density at radius 2 is 1.73 bits per heavy atom. The molecule has 6 heteroatoms. The SMILES string of the molecule is COc1ccc(Cl)cc1NC(=O)Nc1ccc(C(C)=O)cc1. The standard InChI is InChI=1S/C16H15ClN2O3/c1-10(20)11-3-6-13(7-4-11)18-16(21)19-14-9-12(17)5-8-15(14)22-2/h3-9H,1-2H3,(H2,18,19,21). The maximum absolute atomic E-state index is 12.0. The van der Waals surface area contributed by atoms with E-state index in [0.717, 1.165) is 0 Å². The molecule has 0 aliphatic heterocycles. The highest BCUT2D eigenvalue weighted by molar-refractivity contribution is 6.31. The summed E-state index contributed by atoms with van der Waals surface area (Å²) in [4.78, 5) is 23.2. The third kappa shape index (κ3) is 3.99. The number of amides is 2. The van der Waals surface area contributed by atoms with Crippen molar-refractivity contribution in [3.63, 3.8) is 0 Å². The van der Waals surface area contributed by atoms with Gasteiger partial charge in [-0.05, 0) is 49.4 Å². The molecular formula is C16H15ClN2O3. The van der Waals surface area contributed by atoms with Crippen molar-refractivity contribution in [2.75, 3.05) is 17.7 Å². The predicted octanol–water partition coefficient (Wildman–Crippen LogP) is 4.20. The Balaban J connectivity index is 2.07. The zero-order valence-electron chi connectivity index (χ0n) is 12.1. The molecule has 0 aliphatic rings. The van der Waals surface area contributed by atoms with Gasteiger partial charge in [0, 0.05) is 16.3 Å². The highest BCUT2D eigenvalue weighted by Crippen LogP contribution is 2.27. The van der Waals surface area contributed by atoms with Crippen molar-refractivity contribution in [3.05, 3.63) is 53.1 Å². The predicted molar refractivity (Wildman–Crippen MR) is 87.1 cm³/mol. The summed E-state index contributed by atoms with van der Waals surface area (Å²) in [5.41, 5.74) is 1.62. The molecule has 5 nitrogen and oxygen atoms in total. The summed E-state index contributed by atoms with van der Waals surface area (Å²) >= 11 is 5.91. The van der Waals surface area contributed by atoms with Gasteiger partial charge in [-0.1, -0.05) is 11.6 Å². The first-order valence-electron chi connectivity index (χ1n) is 6.52. The largest absolute Gasteiger partial charge is 0.495 e. The molecule has 0 saturated carbocycles. The van der Waals surface area contributed by atoms with E-state index in [1.807, 2.05) is 0 Å². The first-order valence-corrected chi connectivity index (χ1v) is 6.90. The lowest BCUT2D eigenvalue weighted by molar-refractivity contribution is 0.101. The normalized spacial score (nSPS) is 9.95. The van der Waals surface area contributed by atoms with Gasteiger partial charge in [-0.25, -0.2) is 4.79 Å². The minimum Gasteiger partial charge on any atom is -0.495 e. The molecule has 2 amide bonds. The average molecular weight is 319 g/mol. The smallest absolute Gasteiger partial charge is 0.323 e. The van der Waals surface area contributed by atoms with E-state index in [-0.39, 0.29) is 5.78 Å². The number of urea groups is 1. The van der Waals surface area contributed by atoms with E-state index in [1.165, 1.54) is 14.0 Å². The summed E-state index contributed by atoms with van der Waals surface area (Å²) in [5.74, 6) is 0.478. The van der Waals surface area contributed by atoms with E-state index in [9.17, 15) is 9.59 Å². The number of carbonyl (C=O) groups is 2. The van der Waals surface area contributed by atoms with E-state index in [4.69, 9.17) is 16.3 Å². The van der Waals surface area contributed by atoms with Crippen LogP contribution in [0, 0.1) is 0 Å². The van der Waals surface area contributed by atoms with Gasteiger partial charge in [0.1, 0.15) is 5.75 Å². The molecule has 2 N–H and O–H groups in total. The first-order chi connectivity index (χ1) is 10.5. The molecule has 0 spiro atoms. The summed E-state index contributed by atoms with van der Waals surface area (Å²) in [6, 6.07) is 11.1. The maximum atomic E-state index is 12.0. The number of hydrogen-bond acceptors (Lipinski definition) is 3. The molecule has 0 radical (unpaired) electrons. The Labute approximate surface area is 133 Å². The van der Waals surface area contributed by atoms with Crippen molar-refractivity contribution in [2.24, 2.45) is 0 Å². The molecule has 2 rings (SSSR count). The lowest BCUT2D eigenvalue weighted by Gasteiger charge is -2.11. The molecule has 0 saturated heterocycles. The molecule has 0 heterocycles. The highest BCUT2D eigenvalue weighted by atomic mass is 35.5. The van der Waals surface area contributed by atoms with Crippen LogP contribution in [0.1, 0.15) is 17.3 Å². The molecule has 2 aromatic carbocycles. The Morgan fingerprint density at radius 1 is 1.05 bits per heavy atom. The molecule has 0 aromatic heterocycles. The summed E-state index contributed by atoms with van der Waals surface area (Å²) in [5, 5.41) is 5.82. The van der Waals surface area contributed by atoms with Crippen LogP contribution in [0.3, 0.4) is 0 Å². The number of rotatable bonds is 4. The van der Waals surface area contributed by atoms with Crippen LogP contribution in [0.5, 0.6) is 5.75 Å². The van der Waals surface area contributed by atoms with E-state index in [0.29, 0.717) is 27.7 Å². The van der Waals surface area contributed by atoms with Gasteiger partial charge < -0.3 is 15.4 Å². The third-order valence-corrected chi connectivity index (χ3v) is 3.19. The molecule has 0 fully saturated rings. The Kier molecular flexibility index (Phi) is 5.01. The van der Waals surface area contributed by atoms with Crippen molar-refractivity contribution >= 4 is 34.8 Å². The second-order valence-corrected chi connectivity index (χ2v) is 4.99. The van der Waals surface area contributed by atoms with Crippen LogP contribution in [-0.2, 0) is 0 Å². The van der Waals surface area contributed by atoms with E-state index >= 15 is 0 Å². The Bertz CT molecular complexity index is 699. The number of halogens is 1. The fourth-order valence-electron chi connectivity index (χ4n) is 1.85. The fraction of sp³-hybridized carbons (Fsp3) is 0.125. The molecule has 114 valence electrons. The van der Waals surface area contributed by atoms with E-state index in [1.54, 1.807) is 42.5 Å². The molecule has 0 atom stereocenters. The number of ether oxygens (including phenoxy) is 1. The Morgan fingerprint density at radius 3 is 2.32 bits per heavy atom. The van der Waals surface area contributed by atoms with Crippen LogP contribution in [-0.4, -0.2) is 18.9 Å². The number of ketones is 1. The minimum absolute atomic E-state index is 0.0281. The zero-order chi connectivity index (χ0) is 16.1. The quantitative estimate of drug-likeness (QED) is 0.830. The molecule has 22 heavy (non-hydrogen) atoms. The molecule has 0 bridgehead atoms. The number of nitrogens with one attached hydrogen (secondary N) is 2. The summed E-state index contributed by atoms with van der Waals surface area (Å²) in [6.07, 6.45) is 0. The molecule has 2 aromatic rings. The van der Waals surface area contributed by atoms with Crippen LogP contribution in [0.25, 0.3) is 0 Å². The number of Topliss-reactive ketones (excluding diaryl/α,β-unsaturated/α-hetero) is 1. The number of anilines is 2. The van der Waals surface area contributed by atoms with Gasteiger partial charge in [-0.3, -0.25) is 4.79 Å². The van der Waals surface area contributed by atoms with Crippen molar-refractivity contribution in [1.29, 1.82) is 0 Å². The van der Waals surface area contributed by atoms with Crippen LogP contribution in [0.2, 0.25) is 5.02 Å². The Hall–Kier alpha value is -2.53.